The van der Waals surface area contributed by atoms with Gasteiger partial charge in [0.05, 0.1) is 0 Å². The number of furan rings is 1. The Morgan fingerprint density at radius 1 is 1.45 bits per heavy atom. The highest BCUT2D eigenvalue weighted by molar-refractivity contribution is 5.95. The molecule has 2 aromatic rings. The molecule has 2 aromatic heterocycles. The highest BCUT2D eigenvalue weighted by atomic mass is 16.4. The average molecular weight is 277 g/mol. The van der Waals surface area contributed by atoms with E-state index in [9.17, 15) is 9.59 Å². The van der Waals surface area contributed by atoms with Crippen LogP contribution in [-0.4, -0.2) is 45.2 Å². The van der Waals surface area contributed by atoms with Gasteiger partial charge in [-0.05, 0) is 26.0 Å². The molecule has 0 fully saturated rings. The van der Waals surface area contributed by atoms with E-state index in [0.29, 0.717) is 11.5 Å². The predicted octanol–water partition coefficient (Wildman–Crippen LogP) is 1.52. The standard InChI is InChI=1S/C13H15N3O4/c1-7-4-5-11(20-7)9-6-10(15-14-9)12(17)16(3)8(2)13(18)19/h4-6,8H,1-3H3,(H,14,15)(H,18,19). The average Bonchev–Trinajstić information content (AvgIpc) is 3.04. The fraction of sp³-hybridized carbons (Fsp3) is 0.308. The molecule has 0 radical (unpaired) electrons. The molecule has 106 valence electrons. The number of amides is 1. The molecule has 1 unspecified atom stereocenters. The molecule has 1 amide bonds. The van der Waals surface area contributed by atoms with E-state index in [4.69, 9.17) is 9.52 Å². The van der Waals surface area contributed by atoms with Gasteiger partial charge in [-0.15, -0.1) is 0 Å². The molecular formula is C13H15N3O4. The van der Waals surface area contributed by atoms with Crippen LogP contribution in [0.25, 0.3) is 11.5 Å². The molecule has 7 heteroatoms. The van der Waals surface area contributed by atoms with E-state index in [0.717, 1.165) is 10.7 Å². The van der Waals surface area contributed by atoms with Gasteiger partial charge in [-0.25, -0.2) is 4.79 Å². The normalized spacial score (nSPS) is 12.2. The van der Waals surface area contributed by atoms with Gasteiger partial charge in [0.15, 0.2) is 11.5 Å². The Morgan fingerprint density at radius 3 is 2.70 bits per heavy atom. The lowest BCUT2D eigenvalue weighted by Crippen LogP contribution is -2.40. The summed E-state index contributed by atoms with van der Waals surface area (Å²) >= 11 is 0. The smallest absolute Gasteiger partial charge is 0.326 e. The second kappa shape index (κ2) is 5.20. The third-order valence-electron chi connectivity index (χ3n) is 3.06. The summed E-state index contributed by atoms with van der Waals surface area (Å²) in [6.07, 6.45) is 0. The van der Waals surface area contributed by atoms with Crippen LogP contribution in [0.1, 0.15) is 23.2 Å². The quantitative estimate of drug-likeness (QED) is 0.882. The molecule has 0 aliphatic rings. The van der Waals surface area contributed by atoms with Gasteiger partial charge in [0.1, 0.15) is 17.5 Å². The van der Waals surface area contributed by atoms with Gasteiger partial charge in [0.2, 0.25) is 0 Å². The topological polar surface area (TPSA) is 99.4 Å². The predicted molar refractivity (Wildman–Crippen MR) is 70.2 cm³/mol. The number of hydrogen-bond acceptors (Lipinski definition) is 4. The highest BCUT2D eigenvalue weighted by Crippen LogP contribution is 2.20. The van der Waals surface area contributed by atoms with Crippen LogP contribution in [0.2, 0.25) is 0 Å². The first-order valence-corrected chi connectivity index (χ1v) is 6.02. The lowest BCUT2D eigenvalue weighted by molar-refractivity contribution is -0.141. The molecule has 0 aromatic carbocycles. The van der Waals surface area contributed by atoms with Crippen LogP contribution in [0, 0.1) is 6.92 Å². The fourth-order valence-corrected chi connectivity index (χ4v) is 1.66. The molecule has 0 spiro atoms. The second-order valence-corrected chi connectivity index (χ2v) is 4.51. The van der Waals surface area contributed by atoms with E-state index in [1.54, 1.807) is 12.1 Å². The Labute approximate surface area is 115 Å². The number of carbonyl (C=O) groups is 2. The number of aliphatic carboxylic acids is 1. The van der Waals surface area contributed by atoms with Crippen LogP contribution >= 0.6 is 0 Å². The van der Waals surface area contributed by atoms with Gasteiger partial charge in [-0.2, -0.15) is 5.10 Å². The van der Waals surface area contributed by atoms with Crippen molar-refractivity contribution in [1.29, 1.82) is 0 Å². The van der Waals surface area contributed by atoms with Crippen LogP contribution in [-0.2, 0) is 4.79 Å². The minimum absolute atomic E-state index is 0.143. The third kappa shape index (κ3) is 2.56. The van der Waals surface area contributed by atoms with Crippen molar-refractivity contribution in [3.63, 3.8) is 0 Å². The number of H-pyrrole nitrogens is 1. The van der Waals surface area contributed by atoms with Gasteiger partial charge in [-0.3, -0.25) is 9.89 Å². The minimum atomic E-state index is -1.07. The summed E-state index contributed by atoms with van der Waals surface area (Å²) < 4.78 is 5.42. The number of aryl methyl sites for hydroxylation is 1. The van der Waals surface area contributed by atoms with E-state index in [1.165, 1.54) is 20.0 Å². The summed E-state index contributed by atoms with van der Waals surface area (Å²) in [6.45, 7) is 3.25. The number of carboxylic acid groups (broad SMARTS) is 1. The van der Waals surface area contributed by atoms with Crippen molar-refractivity contribution < 1.29 is 19.1 Å². The molecule has 0 aliphatic heterocycles. The summed E-state index contributed by atoms with van der Waals surface area (Å²) in [5, 5.41) is 15.5. The van der Waals surface area contributed by atoms with Crippen molar-refractivity contribution in [2.45, 2.75) is 19.9 Å². The van der Waals surface area contributed by atoms with Crippen molar-refractivity contribution in [2.24, 2.45) is 0 Å². The first kappa shape index (κ1) is 13.9. The first-order valence-electron chi connectivity index (χ1n) is 6.02. The SMILES string of the molecule is Cc1ccc(-c2cc(C(=O)N(C)C(C)C(=O)O)n[nH]2)o1. The van der Waals surface area contributed by atoms with Crippen molar-refractivity contribution in [2.75, 3.05) is 7.05 Å². The first-order chi connectivity index (χ1) is 9.40. The van der Waals surface area contributed by atoms with E-state index in [1.807, 2.05) is 6.92 Å². The number of carboxylic acids is 1. The van der Waals surface area contributed by atoms with Gasteiger partial charge in [0.25, 0.3) is 5.91 Å². The van der Waals surface area contributed by atoms with Crippen LogP contribution in [0.15, 0.2) is 22.6 Å². The van der Waals surface area contributed by atoms with Crippen LogP contribution < -0.4 is 0 Å². The van der Waals surface area contributed by atoms with E-state index in [2.05, 4.69) is 10.2 Å². The number of aromatic nitrogens is 2. The molecule has 0 aliphatic carbocycles. The summed E-state index contributed by atoms with van der Waals surface area (Å²) in [7, 11) is 1.42. The molecule has 20 heavy (non-hydrogen) atoms. The maximum absolute atomic E-state index is 12.1. The van der Waals surface area contributed by atoms with Crippen LogP contribution in [0.4, 0.5) is 0 Å². The monoisotopic (exact) mass is 277 g/mol. The highest BCUT2D eigenvalue weighted by Gasteiger charge is 2.24. The van der Waals surface area contributed by atoms with E-state index in [-0.39, 0.29) is 5.69 Å². The molecule has 7 nitrogen and oxygen atoms in total. The summed E-state index contributed by atoms with van der Waals surface area (Å²) in [5.74, 6) is -0.217. The summed E-state index contributed by atoms with van der Waals surface area (Å²) in [6, 6.07) is 4.18. The van der Waals surface area contributed by atoms with Crippen molar-refractivity contribution in [3.05, 3.63) is 29.7 Å². The Hall–Kier alpha value is -2.57. The Bertz CT molecular complexity index is 644. The maximum atomic E-state index is 12.1. The Kier molecular flexibility index (Phi) is 3.60. The van der Waals surface area contributed by atoms with Crippen molar-refractivity contribution >= 4 is 11.9 Å². The number of nitrogens with zero attached hydrogens (tertiary/aromatic N) is 2. The molecular weight excluding hydrogens is 262 g/mol. The fourth-order valence-electron chi connectivity index (χ4n) is 1.66. The van der Waals surface area contributed by atoms with E-state index >= 15 is 0 Å². The lowest BCUT2D eigenvalue weighted by Gasteiger charge is -2.20. The van der Waals surface area contributed by atoms with Gasteiger partial charge >= 0.3 is 5.97 Å². The maximum Gasteiger partial charge on any atom is 0.326 e. The van der Waals surface area contributed by atoms with Gasteiger partial charge < -0.3 is 14.4 Å². The Balaban J connectivity index is 2.20. The number of likely N-dealkylation sites (N-methyl/N-ethyl adjacent to an activating group) is 1. The molecule has 0 saturated carbocycles. The molecule has 1 atom stereocenters. The van der Waals surface area contributed by atoms with Gasteiger partial charge in [-0.1, -0.05) is 0 Å². The van der Waals surface area contributed by atoms with Crippen molar-refractivity contribution in [3.8, 4) is 11.5 Å². The number of rotatable bonds is 4. The minimum Gasteiger partial charge on any atom is -0.480 e. The second-order valence-electron chi connectivity index (χ2n) is 4.51. The van der Waals surface area contributed by atoms with E-state index < -0.39 is 17.9 Å². The molecule has 0 saturated heterocycles. The van der Waals surface area contributed by atoms with Crippen molar-refractivity contribution in [1.82, 2.24) is 15.1 Å². The molecule has 2 rings (SSSR count). The summed E-state index contributed by atoms with van der Waals surface area (Å²) in [5.41, 5.74) is 0.711. The lowest BCUT2D eigenvalue weighted by atomic mass is 10.2. The Morgan fingerprint density at radius 2 is 2.15 bits per heavy atom. The molecule has 2 N–H and O–H groups in total. The number of hydrogen-bond donors (Lipinski definition) is 2. The molecule has 0 bridgehead atoms. The number of aromatic amines is 1. The largest absolute Gasteiger partial charge is 0.480 e. The third-order valence-corrected chi connectivity index (χ3v) is 3.06. The number of nitrogens with one attached hydrogen (secondary N) is 1. The zero-order chi connectivity index (χ0) is 14.9. The van der Waals surface area contributed by atoms with Gasteiger partial charge in [0, 0.05) is 13.1 Å². The molecule has 2 heterocycles. The van der Waals surface area contributed by atoms with Crippen LogP contribution in [0.3, 0.4) is 0 Å². The zero-order valence-electron chi connectivity index (χ0n) is 11.4. The summed E-state index contributed by atoms with van der Waals surface area (Å²) in [4.78, 5) is 24.1. The number of carbonyl (C=O) groups excluding carboxylic acids is 1. The van der Waals surface area contributed by atoms with Crippen LogP contribution in [0.5, 0.6) is 0 Å². The zero-order valence-corrected chi connectivity index (χ0v) is 11.4.